The molecule has 0 aliphatic carbocycles. The second kappa shape index (κ2) is 7.01. The van der Waals surface area contributed by atoms with Crippen LogP contribution < -0.4 is 10.5 Å². The van der Waals surface area contributed by atoms with Crippen LogP contribution in [0.3, 0.4) is 0 Å². The minimum atomic E-state index is -0.539. The Kier molecular flexibility index (Phi) is 5.65. The minimum absolute atomic E-state index is 0.245. The summed E-state index contributed by atoms with van der Waals surface area (Å²) in [5.74, 6) is 0.814. The lowest BCUT2D eigenvalue weighted by Gasteiger charge is -2.13. The Labute approximate surface area is 108 Å². The normalized spacial score (nSPS) is 12.3. The Morgan fingerprint density at radius 2 is 1.89 bits per heavy atom. The Bertz CT molecular complexity index is 373. The van der Waals surface area contributed by atoms with E-state index in [1.807, 2.05) is 38.1 Å². The number of carbonyl (C=O) groups excluding carboxylic acids is 1. The molecule has 1 atom stereocenters. The first-order valence-electron chi connectivity index (χ1n) is 6.08. The van der Waals surface area contributed by atoms with Crippen molar-refractivity contribution >= 4 is 5.97 Å². The molecule has 0 aliphatic rings. The molecule has 0 aromatic heterocycles. The van der Waals surface area contributed by atoms with Crippen LogP contribution in [0.1, 0.15) is 25.8 Å². The standard InChI is InChI=1S/C14H21NO3/c1-10(2)8-13(15)14(16)18-9-11-4-6-12(17-3)7-5-11/h4-7,10,13H,8-9,15H2,1-3H3/t13-/m0/s1. The van der Waals surface area contributed by atoms with Gasteiger partial charge in [-0.25, -0.2) is 0 Å². The first kappa shape index (κ1) is 14.5. The van der Waals surface area contributed by atoms with Crippen molar-refractivity contribution in [2.24, 2.45) is 11.7 Å². The highest BCUT2D eigenvalue weighted by atomic mass is 16.5. The molecule has 0 heterocycles. The van der Waals surface area contributed by atoms with Crippen molar-refractivity contribution in [3.63, 3.8) is 0 Å². The van der Waals surface area contributed by atoms with Crippen LogP contribution in [0, 0.1) is 5.92 Å². The lowest BCUT2D eigenvalue weighted by Crippen LogP contribution is -2.33. The smallest absolute Gasteiger partial charge is 0.323 e. The summed E-state index contributed by atoms with van der Waals surface area (Å²) in [5.41, 5.74) is 6.65. The van der Waals surface area contributed by atoms with Crippen LogP contribution in [-0.2, 0) is 16.1 Å². The largest absolute Gasteiger partial charge is 0.497 e. The second-order valence-electron chi connectivity index (χ2n) is 4.69. The fourth-order valence-electron chi connectivity index (χ4n) is 1.59. The van der Waals surface area contributed by atoms with Gasteiger partial charge in [-0.3, -0.25) is 4.79 Å². The molecule has 4 nitrogen and oxygen atoms in total. The summed E-state index contributed by atoms with van der Waals surface area (Å²) >= 11 is 0. The first-order chi connectivity index (χ1) is 8.52. The predicted molar refractivity (Wildman–Crippen MR) is 70.2 cm³/mol. The fourth-order valence-corrected chi connectivity index (χ4v) is 1.59. The molecular weight excluding hydrogens is 230 g/mol. The van der Waals surface area contributed by atoms with E-state index in [4.69, 9.17) is 15.2 Å². The number of carbonyl (C=O) groups is 1. The van der Waals surface area contributed by atoms with Gasteiger partial charge in [-0.1, -0.05) is 26.0 Å². The molecule has 18 heavy (non-hydrogen) atoms. The Morgan fingerprint density at radius 3 is 2.39 bits per heavy atom. The molecule has 0 fully saturated rings. The van der Waals surface area contributed by atoms with Gasteiger partial charge in [0.1, 0.15) is 18.4 Å². The quantitative estimate of drug-likeness (QED) is 0.787. The average Bonchev–Trinajstić information content (AvgIpc) is 2.35. The molecule has 1 aromatic rings. The number of ether oxygens (including phenoxy) is 2. The number of benzene rings is 1. The molecular formula is C14H21NO3. The lowest BCUT2D eigenvalue weighted by molar-refractivity contribution is -0.146. The molecule has 0 aliphatic heterocycles. The monoisotopic (exact) mass is 251 g/mol. The summed E-state index contributed by atoms with van der Waals surface area (Å²) in [6, 6.07) is 6.84. The highest BCUT2D eigenvalue weighted by Crippen LogP contribution is 2.12. The van der Waals surface area contributed by atoms with Gasteiger partial charge in [0.15, 0.2) is 0 Å². The summed E-state index contributed by atoms with van der Waals surface area (Å²) < 4.78 is 10.2. The Morgan fingerprint density at radius 1 is 1.28 bits per heavy atom. The molecule has 0 amide bonds. The minimum Gasteiger partial charge on any atom is -0.497 e. The number of hydrogen-bond acceptors (Lipinski definition) is 4. The van der Waals surface area contributed by atoms with Crippen molar-refractivity contribution in [3.05, 3.63) is 29.8 Å². The Hall–Kier alpha value is -1.55. The maximum Gasteiger partial charge on any atom is 0.323 e. The number of methoxy groups -OCH3 is 1. The zero-order valence-electron chi connectivity index (χ0n) is 11.2. The van der Waals surface area contributed by atoms with Crippen molar-refractivity contribution in [2.75, 3.05) is 7.11 Å². The van der Waals surface area contributed by atoms with Gasteiger partial charge in [-0.2, -0.15) is 0 Å². The van der Waals surface area contributed by atoms with Crippen molar-refractivity contribution < 1.29 is 14.3 Å². The molecule has 0 radical (unpaired) electrons. The summed E-state index contributed by atoms with van der Waals surface area (Å²) in [6.45, 7) is 4.29. The summed E-state index contributed by atoms with van der Waals surface area (Å²) in [5, 5.41) is 0. The van der Waals surface area contributed by atoms with E-state index in [0.29, 0.717) is 12.3 Å². The molecule has 0 saturated carbocycles. The Balaban J connectivity index is 2.41. The molecule has 0 spiro atoms. The van der Waals surface area contributed by atoms with Gasteiger partial charge in [0.05, 0.1) is 7.11 Å². The average molecular weight is 251 g/mol. The van der Waals surface area contributed by atoms with E-state index in [1.165, 1.54) is 0 Å². The van der Waals surface area contributed by atoms with Crippen LogP contribution in [0.2, 0.25) is 0 Å². The lowest BCUT2D eigenvalue weighted by atomic mass is 10.1. The fraction of sp³-hybridized carbons (Fsp3) is 0.500. The van der Waals surface area contributed by atoms with Crippen molar-refractivity contribution in [1.29, 1.82) is 0 Å². The topological polar surface area (TPSA) is 61.5 Å². The van der Waals surface area contributed by atoms with Crippen LogP contribution in [0.15, 0.2) is 24.3 Å². The van der Waals surface area contributed by atoms with Crippen molar-refractivity contribution in [1.82, 2.24) is 0 Å². The van der Waals surface area contributed by atoms with Crippen LogP contribution in [-0.4, -0.2) is 19.1 Å². The molecule has 1 rings (SSSR count). The van der Waals surface area contributed by atoms with E-state index in [1.54, 1.807) is 7.11 Å². The zero-order valence-corrected chi connectivity index (χ0v) is 11.2. The van der Waals surface area contributed by atoms with Gasteiger partial charge in [-0.15, -0.1) is 0 Å². The maximum absolute atomic E-state index is 11.6. The highest BCUT2D eigenvalue weighted by Gasteiger charge is 2.16. The third-order valence-electron chi connectivity index (χ3n) is 2.57. The van der Waals surface area contributed by atoms with E-state index < -0.39 is 6.04 Å². The number of nitrogens with two attached hydrogens (primary N) is 1. The second-order valence-corrected chi connectivity index (χ2v) is 4.69. The molecule has 1 aromatic carbocycles. The predicted octanol–water partition coefficient (Wildman–Crippen LogP) is 2.11. The van der Waals surface area contributed by atoms with Crippen LogP contribution in [0.5, 0.6) is 5.75 Å². The summed E-state index contributed by atoms with van der Waals surface area (Å²) in [7, 11) is 1.61. The molecule has 0 saturated heterocycles. The zero-order chi connectivity index (χ0) is 13.5. The van der Waals surface area contributed by atoms with E-state index >= 15 is 0 Å². The number of hydrogen-bond donors (Lipinski definition) is 1. The third-order valence-corrected chi connectivity index (χ3v) is 2.57. The third kappa shape index (κ3) is 4.75. The van der Waals surface area contributed by atoms with Gasteiger partial charge in [-0.05, 0) is 30.0 Å². The summed E-state index contributed by atoms with van der Waals surface area (Å²) in [4.78, 5) is 11.6. The number of rotatable bonds is 6. The molecule has 0 bridgehead atoms. The summed E-state index contributed by atoms with van der Waals surface area (Å²) in [6.07, 6.45) is 0.640. The molecule has 0 unspecified atom stereocenters. The van der Waals surface area contributed by atoms with E-state index in [0.717, 1.165) is 11.3 Å². The van der Waals surface area contributed by atoms with Crippen molar-refractivity contribution in [2.45, 2.75) is 32.9 Å². The van der Waals surface area contributed by atoms with Gasteiger partial charge in [0, 0.05) is 0 Å². The first-order valence-corrected chi connectivity index (χ1v) is 6.08. The molecule has 100 valence electrons. The molecule has 4 heteroatoms. The van der Waals surface area contributed by atoms with E-state index in [-0.39, 0.29) is 12.6 Å². The van der Waals surface area contributed by atoms with Gasteiger partial charge >= 0.3 is 5.97 Å². The van der Waals surface area contributed by atoms with Crippen LogP contribution >= 0.6 is 0 Å². The van der Waals surface area contributed by atoms with Gasteiger partial charge < -0.3 is 15.2 Å². The molecule has 2 N–H and O–H groups in total. The van der Waals surface area contributed by atoms with Crippen LogP contribution in [0.4, 0.5) is 0 Å². The number of esters is 1. The van der Waals surface area contributed by atoms with E-state index in [2.05, 4.69) is 0 Å². The SMILES string of the molecule is COc1ccc(COC(=O)[C@@H](N)CC(C)C)cc1. The van der Waals surface area contributed by atoms with Crippen molar-refractivity contribution in [3.8, 4) is 5.75 Å². The van der Waals surface area contributed by atoms with E-state index in [9.17, 15) is 4.79 Å². The van der Waals surface area contributed by atoms with Gasteiger partial charge in [0.2, 0.25) is 0 Å². The highest BCUT2D eigenvalue weighted by molar-refractivity contribution is 5.75. The van der Waals surface area contributed by atoms with Crippen LogP contribution in [0.25, 0.3) is 0 Å². The maximum atomic E-state index is 11.6. The van der Waals surface area contributed by atoms with Gasteiger partial charge in [0.25, 0.3) is 0 Å².